The van der Waals surface area contributed by atoms with Crippen molar-refractivity contribution in [3.63, 3.8) is 0 Å². The highest BCUT2D eigenvalue weighted by molar-refractivity contribution is 7.16. The third-order valence-corrected chi connectivity index (χ3v) is 4.70. The van der Waals surface area contributed by atoms with E-state index < -0.39 is 0 Å². The SMILES string of the molecule is C/C=C(\C=C/CP)NC.Cn1ccc2c(N)nccc21.O=CCC(=O)NC1=CCC=CC=C1. The normalized spacial score (nSPS) is 12.7. The maximum Gasteiger partial charge on any atom is 0.231 e. The summed E-state index contributed by atoms with van der Waals surface area (Å²) in [4.78, 5) is 25.0. The number of nitrogens with zero attached hydrogens (tertiary/aromatic N) is 2. The minimum atomic E-state index is -0.271. The number of aromatic nitrogens is 2. The number of aldehydes is 1. The van der Waals surface area contributed by atoms with Crippen LogP contribution >= 0.6 is 9.24 Å². The summed E-state index contributed by atoms with van der Waals surface area (Å²) < 4.78 is 2.02. The first-order chi connectivity index (χ1) is 16.0. The number of likely N-dealkylation sites (N-methyl/N-ethyl adjacent to an activating group) is 1. The molecule has 1 amide bonds. The summed E-state index contributed by atoms with van der Waals surface area (Å²) in [6.45, 7) is 2.01. The van der Waals surface area contributed by atoms with E-state index in [1.54, 1.807) is 12.3 Å². The Morgan fingerprint density at radius 2 is 2.12 bits per heavy atom. The van der Waals surface area contributed by atoms with Crippen LogP contribution in [-0.4, -0.2) is 35.0 Å². The second-order valence-electron chi connectivity index (χ2n) is 6.79. The number of anilines is 1. The monoisotopic (exact) mass is 467 g/mol. The van der Waals surface area contributed by atoms with Crippen molar-refractivity contribution in [2.24, 2.45) is 7.05 Å². The van der Waals surface area contributed by atoms with Crippen molar-refractivity contribution in [1.82, 2.24) is 20.2 Å². The zero-order valence-corrected chi connectivity index (χ0v) is 20.6. The lowest BCUT2D eigenvalue weighted by Crippen LogP contribution is -2.21. The number of nitrogens with one attached hydrogen (secondary N) is 2. The van der Waals surface area contributed by atoms with Gasteiger partial charge >= 0.3 is 0 Å². The van der Waals surface area contributed by atoms with E-state index in [1.165, 1.54) is 0 Å². The van der Waals surface area contributed by atoms with Gasteiger partial charge in [-0.05, 0) is 43.8 Å². The van der Waals surface area contributed by atoms with Crippen molar-refractivity contribution in [2.75, 3.05) is 18.9 Å². The van der Waals surface area contributed by atoms with Crippen LogP contribution in [0.4, 0.5) is 5.82 Å². The molecule has 0 spiro atoms. The fraction of sp³-hybridized carbons (Fsp3) is 0.240. The lowest BCUT2D eigenvalue weighted by Gasteiger charge is -2.01. The summed E-state index contributed by atoms with van der Waals surface area (Å²) >= 11 is 0. The number of fused-ring (bicyclic) bond motifs is 1. The van der Waals surface area contributed by atoms with E-state index in [2.05, 4.69) is 37.0 Å². The van der Waals surface area contributed by atoms with Crippen LogP contribution < -0.4 is 16.4 Å². The molecule has 1 atom stereocenters. The number of allylic oxidation sites excluding steroid dienone is 8. The molecule has 1 aliphatic carbocycles. The molecule has 0 radical (unpaired) electrons. The molecule has 8 heteroatoms. The van der Waals surface area contributed by atoms with Gasteiger partial charge in [-0.15, -0.1) is 9.24 Å². The molecule has 0 saturated heterocycles. The minimum Gasteiger partial charge on any atom is -0.388 e. The number of nitrogens with two attached hydrogens (primary N) is 1. The molecule has 0 bridgehead atoms. The summed E-state index contributed by atoms with van der Waals surface area (Å²) in [5.74, 6) is 0.330. The molecule has 3 rings (SSSR count). The van der Waals surface area contributed by atoms with E-state index in [4.69, 9.17) is 5.73 Å². The number of nitrogen functional groups attached to an aromatic ring is 1. The molecule has 7 nitrogen and oxygen atoms in total. The van der Waals surface area contributed by atoms with Crippen LogP contribution in [0.2, 0.25) is 0 Å². The third kappa shape index (κ3) is 10.6. The Morgan fingerprint density at radius 1 is 1.33 bits per heavy atom. The van der Waals surface area contributed by atoms with Crippen molar-refractivity contribution in [1.29, 1.82) is 0 Å². The summed E-state index contributed by atoms with van der Waals surface area (Å²) in [5.41, 5.74) is 8.68. The maximum atomic E-state index is 11.0. The van der Waals surface area contributed by atoms with Crippen LogP contribution in [0.1, 0.15) is 19.8 Å². The molecule has 4 N–H and O–H groups in total. The molecule has 0 saturated carbocycles. The standard InChI is InChI=1S/C10H11NO2.C8H9N3.C7H14NP/c12-8-7-10(13)11-9-5-3-1-2-4-6-9;1-11-5-3-6-7(11)2-4-10-8(6)9;1-3-7(8-2)5-4-6-9/h1-3,5-6,8H,4,7H2,(H,11,13);2-5H,1H3,(H2,9,10);3-5,8H,6,9H2,1-2H3/b;;5-4-,7-3+. The van der Waals surface area contributed by atoms with Gasteiger partial charge in [0, 0.05) is 43.3 Å². The molecule has 33 heavy (non-hydrogen) atoms. The van der Waals surface area contributed by atoms with Gasteiger partial charge in [-0.2, -0.15) is 0 Å². The van der Waals surface area contributed by atoms with Crippen molar-refractivity contribution >= 4 is 38.2 Å². The Morgan fingerprint density at radius 3 is 2.76 bits per heavy atom. The van der Waals surface area contributed by atoms with Gasteiger partial charge in [-0.25, -0.2) is 4.98 Å². The molecule has 0 aliphatic heterocycles. The first-order valence-corrected chi connectivity index (χ1v) is 11.4. The van der Waals surface area contributed by atoms with Gasteiger partial charge in [-0.3, -0.25) is 4.79 Å². The molecule has 0 aromatic carbocycles. The third-order valence-electron chi connectivity index (χ3n) is 4.43. The molecule has 2 aromatic heterocycles. The summed E-state index contributed by atoms with van der Waals surface area (Å²) in [7, 11) is 6.55. The average Bonchev–Trinajstić information content (AvgIpc) is 3.02. The van der Waals surface area contributed by atoms with Gasteiger partial charge < -0.3 is 25.7 Å². The van der Waals surface area contributed by atoms with Crippen LogP contribution in [0.3, 0.4) is 0 Å². The first kappa shape index (κ1) is 27.6. The number of carbonyl (C=O) groups excluding carboxylic acids is 2. The topological polar surface area (TPSA) is 102 Å². The molecular formula is C25H34N5O2P. The largest absolute Gasteiger partial charge is 0.388 e. The van der Waals surface area contributed by atoms with Gasteiger partial charge in [0.2, 0.25) is 5.91 Å². The molecule has 2 heterocycles. The van der Waals surface area contributed by atoms with Crippen molar-refractivity contribution in [3.05, 3.63) is 84.5 Å². The molecule has 1 aliphatic rings. The van der Waals surface area contributed by atoms with Crippen LogP contribution in [0, 0.1) is 0 Å². The molecule has 2 aromatic rings. The van der Waals surface area contributed by atoms with E-state index in [0.717, 1.165) is 34.9 Å². The van der Waals surface area contributed by atoms with Gasteiger partial charge in [0.1, 0.15) is 12.1 Å². The van der Waals surface area contributed by atoms with Crippen LogP contribution in [0.5, 0.6) is 0 Å². The summed E-state index contributed by atoms with van der Waals surface area (Å²) in [6.07, 6.45) is 21.6. The van der Waals surface area contributed by atoms with Crippen LogP contribution in [-0.2, 0) is 16.6 Å². The Kier molecular flexibility index (Phi) is 13.6. The fourth-order valence-electron chi connectivity index (χ4n) is 2.70. The predicted octanol–water partition coefficient (Wildman–Crippen LogP) is 3.79. The Hall–Kier alpha value is -3.44. The fourth-order valence-corrected chi connectivity index (χ4v) is 2.84. The molecule has 176 valence electrons. The number of rotatable bonds is 6. The van der Waals surface area contributed by atoms with E-state index in [-0.39, 0.29) is 12.3 Å². The summed E-state index contributed by atoms with van der Waals surface area (Å²) in [6, 6.07) is 3.92. The van der Waals surface area contributed by atoms with Gasteiger partial charge in [0.25, 0.3) is 0 Å². The average molecular weight is 468 g/mol. The molecular weight excluding hydrogens is 433 g/mol. The number of aryl methyl sites for hydroxylation is 1. The summed E-state index contributed by atoms with van der Waals surface area (Å²) in [5, 5.41) is 6.70. The Balaban J connectivity index is 0.000000252. The number of hydrogen-bond donors (Lipinski definition) is 3. The number of carbonyl (C=O) groups is 2. The van der Waals surface area contributed by atoms with Crippen LogP contribution in [0.15, 0.2) is 84.5 Å². The lowest BCUT2D eigenvalue weighted by atomic mass is 10.3. The number of pyridine rings is 1. The van der Waals surface area contributed by atoms with E-state index in [1.807, 2.05) is 74.3 Å². The van der Waals surface area contributed by atoms with Gasteiger partial charge in [0.15, 0.2) is 0 Å². The van der Waals surface area contributed by atoms with Crippen molar-refractivity contribution < 1.29 is 9.59 Å². The minimum absolute atomic E-state index is 0.0847. The van der Waals surface area contributed by atoms with E-state index in [0.29, 0.717) is 12.1 Å². The highest BCUT2D eigenvalue weighted by Crippen LogP contribution is 2.18. The predicted molar refractivity (Wildman–Crippen MR) is 141 cm³/mol. The smallest absolute Gasteiger partial charge is 0.231 e. The number of hydrogen-bond acceptors (Lipinski definition) is 5. The maximum absolute atomic E-state index is 11.0. The zero-order chi connectivity index (χ0) is 24.5. The van der Waals surface area contributed by atoms with E-state index >= 15 is 0 Å². The van der Waals surface area contributed by atoms with E-state index in [9.17, 15) is 9.59 Å². The van der Waals surface area contributed by atoms with Gasteiger partial charge in [-0.1, -0.05) is 36.5 Å². The molecule has 1 unspecified atom stereocenters. The second kappa shape index (κ2) is 16.2. The highest BCUT2D eigenvalue weighted by Gasteiger charge is 2.01. The Labute approximate surface area is 198 Å². The second-order valence-corrected chi connectivity index (χ2v) is 7.26. The number of amides is 1. The first-order valence-electron chi connectivity index (χ1n) is 10.6. The van der Waals surface area contributed by atoms with Crippen molar-refractivity contribution in [2.45, 2.75) is 19.8 Å². The van der Waals surface area contributed by atoms with Crippen LogP contribution in [0.25, 0.3) is 10.9 Å². The highest BCUT2D eigenvalue weighted by atomic mass is 31.0. The zero-order valence-electron chi connectivity index (χ0n) is 19.5. The lowest BCUT2D eigenvalue weighted by molar-refractivity contribution is -0.123. The van der Waals surface area contributed by atoms with Gasteiger partial charge in [0.05, 0.1) is 11.9 Å². The quantitative estimate of drug-likeness (QED) is 0.260. The Bertz CT molecular complexity index is 1050. The molecule has 0 fully saturated rings. The van der Waals surface area contributed by atoms with Crippen molar-refractivity contribution in [3.8, 4) is 0 Å².